The van der Waals surface area contributed by atoms with E-state index in [-0.39, 0.29) is 23.7 Å². The summed E-state index contributed by atoms with van der Waals surface area (Å²) in [6.45, 7) is 9.35. The van der Waals surface area contributed by atoms with E-state index in [0.717, 1.165) is 118 Å². The molecule has 0 amide bonds. The van der Waals surface area contributed by atoms with Crippen LogP contribution in [0.1, 0.15) is 81.7 Å². The smallest absolute Gasteiger partial charge is 0.214 e. The first-order valence-electron chi connectivity index (χ1n) is 18.8. The zero-order valence-corrected chi connectivity index (χ0v) is 30.2. The van der Waals surface area contributed by atoms with Crippen molar-refractivity contribution in [3.05, 3.63) is 66.2 Å². The molecule has 1 N–H and O–H groups in total. The number of ether oxygens (including phenoxy) is 3. The second kappa shape index (κ2) is 13.8. The highest BCUT2D eigenvalue weighted by atomic mass is 16.5. The van der Waals surface area contributed by atoms with E-state index < -0.39 is 0 Å². The lowest BCUT2D eigenvalue weighted by Crippen LogP contribution is -2.51. The maximum absolute atomic E-state index is 6.30. The number of methoxy groups -OCH3 is 1. The Morgan fingerprint density at radius 2 is 1.88 bits per heavy atom. The molecule has 0 radical (unpaired) electrons. The third-order valence-electron chi connectivity index (χ3n) is 11.9. The zero-order chi connectivity index (χ0) is 35.2. The van der Waals surface area contributed by atoms with Crippen LogP contribution in [0.5, 0.6) is 5.75 Å². The summed E-state index contributed by atoms with van der Waals surface area (Å²) >= 11 is 0. The summed E-state index contributed by atoms with van der Waals surface area (Å²) in [5.74, 6) is 3.55. The summed E-state index contributed by atoms with van der Waals surface area (Å²) in [6.07, 6.45) is 9.22. The van der Waals surface area contributed by atoms with Crippen molar-refractivity contribution in [2.45, 2.75) is 76.6 Å². The summed E-state index contributed by atoms with van der Waals surface area (Å²) in [7, 11) is 1.70. The largest absolute Gasteiger partial charge is 0.497 e. The van der Waals surface area contributed by atoms with Gasteiger partial charge in [0.25, 0.3) is 0 Å². The fourth-order valence-electron chi connectivity index (χ4n) is 8.63. The van der Waals surface area contributed by atoms with Crippen LogP contribution >= 0.6 is 0 Å². The molecule has 2 aromatic carbocycles. The van der Waals surface area contributed by atoms with Crippen molar-refractivity contribution in [3.63, 3.8) is 0 Å². The molecule has 3 aromatic heterocycles. The molecule has 7 heterocycles. The molecule has 0 aliphatic carbocycles. The van der Waals surface area contributed by atoms with Gasteiger partial charge in [0.2, 0.25) is 12.2 Å². The number of benzene rings is 2. The van der Waals surface area contributed by atoms with E-state index in [9.17, 15) is 0 Å². The summed E-state index contributed by atoms with van der Waals surface area (Å²) in [4.78, 5) is 19.4. The first-order valence-corrected chi connectivity index (χ1v) is 18.8. The Morgan fingerprint density at radius 1 is 1.02 bits per heavy atom. The lowest BCUT2D eigenvalue weighted by atomic mass is 9.74. The van der Waals surface area contributed by atoms with Gasteiger partial charge in [-0.25, -0.2) is 14.6 Å². The van der Waals surface area contributed by atoms with Gasteiger partial charge in [0.15, 0.2) is 23.2 Å². The Bertz CT molecular complexity index is 2000. The van der Waals surface area contributed by atoms with E-state index >= 15 is 0 Å². The number of piperidine rings is 1. The molecule has 0 bridgehead atoms. The van der Waals surface area contributed by atoms with Crippen molar-refractivity contribution in [2.24, 2.45) is 5.41 Å². The highest BCUT2D eigenvalue weighted by Crippen LogP contribution is 2.44. The van der Waals surface area contributed by atoms with Gasteiger partial charge in [-0.2, -0.15) is 4.98 Å². The van der Waals surface area contributed by atoms with Crippen molar-refractivity contribution < 1.29 is 18.7 Å². The molecule has 13 nitrogen and oxygen atoms in total. The summed E-state index contributed by atoms with van der Waals surface area (Å²) in [5, 5.41) is 13.2. The zero-order valence-electron chi connectivity index (χ0n) is 30.2. The number of nitrogens with zero attached hydrogens (tertiary/aromatic N) is 8. The molecule has 4 aliphatic heterocycles. The van der Waals surface area contributed by atoms with Crippen LogP contribution in [0.25, 0.3) is 22.6 Å². The molecule has 4 aliphatic rings. The van der Waals surface area contributed by atoms with E-state index in [1.54, 1.807) is 7.11 Å². The van der Waals surface area contributed by atoms with Crippen LogP contribution in [0.4, 0.5) is 17.3 Å². The molecule has 4 atom stereocenters. The van der Waals surface area contributed by atoms with Crippen LogP contribution in [0.15, 0.2) is 59.6 Å². The van der Waals surface area contributed by atoms with E-state index in [2.05, 4.69) is 69.4 Å². The first-order chi connectivity index (χ1) is 25.5. The molecular weight excluding hydrogens is 658 g/mol. The van der Waals surface area contributed by atoms with Gasteiger partial charge in [0.1, 0.15) is 11.6 Å². The van der Waals surface area contributed by atoms with Crippen molar-refractivity contribution in [2.75, 3.05) is 56.4 Å². The second-order valence-corrected chi connectivity index (χ2v) is 14.9. The Hall–Kier alpha value is -4.59. The number of hydrogen-bond acceptors (Lipinski definition) is 12. The molecule has 13 heteroatoms. The lowest BCUT2D eigenvalue weighted by Gasteiger charge is -2.43. The van der Waals surface area contributed by atoms with E-state index in [4.69, 9.17) is 33.8 Å². The second-order valence-electron chi connectivity index (χ2n) is 14.9. The average molecular weight is 706 g/mol. The van der Waals surface area contributed by atoms with Crippen LogP contribution in [0.2, 0.25) is 0 Å². The molecule has 3 saturated heterocycles. The van der Waals surface area contributed by atoms with Crippen LogP contribution in [-0.2, 0) is 9.47 Å². The maximum atomic E-state index is 6.30. The number of rotatable bonds is 8. The molecule has 3 fully saturated rings. The number of fused-ring (bicyclic) bond motifs is 2. The summed E-state index contributed by atoms with van der Waals surface area (Å²) in [5.41, 5.74) is 6.21. The van der Waals surface area contributed by atoms with E-state index in [0.29, 0.717) is 11.7 Å². The lowest BCUT2D eigenvalue weighted by molar-refractivity contribution is -0.0368. The van der Waals surface area contributed by atoms with E-state index in [1.807, 2.05) is 23.0 Å². The predicted molar refractivity (Wildman–Crippen MR) is 197 cm³/mol. The third-order valence-corrected chi connectivity index (χ3v) is 11.9. The minimum absolute atomic E-state index is 0.0854. The SMILES string of the molecule is COc1ccc(C(C)N[C@@H]2COCC23CCN(c2cnc4c(N5CC[C@H](C)c6cc(-c7ncon7)ccc65)nn(C5CCCCO5)c4n2)CC3)cc1. The Balaban J connectivity index is 0.983. The van der Waals surface area contributed by atoms with Crippen molar-refractivity contribution in [1.82, 2.24) is 35.2 Å². The normalized spacial score (nSPS) is 23.6. The first kappa shape index (κ1) is 33.3. The number of nitrogens with one attached hydrogen (secondary N) is 1. The van der Waals surface area contributed by atoms with Gasteiger partial charge >= 0.3 is 0 Å². The molecule has 9 rings (SSSR count). The predicted octanol–water partition coefficient (Wildman–Crippen LogP) is 6.57. The minimum Gasteiger partial charge on any atom is -0.497 e. The van der Waals surface area contributed by atoms with E-state index in [1.165, 1.54) is 17.5 Å². The molecular formula is C39H47N9O4. The van der Waals surface area contributed by atoms with Crippen molar-refractivity contribution in [1.29, 1.82) is 0 Å². The highest BCUT2D eigenvalue weighted by Gasteiger charge is 2.46. The number of anilines is 3. The molecule has 5 aromatic rings. The fourth-order valence-corrected chi connectivity index (χ4v) is 8.63. The van der Waals surface area contributed by atoms with Gasteiger partial charge in [0, 0.05) is 55.0 Å². The topological polar surface area (TPSA) is 129 Å². The van der Waals surface area contributed by atoms with Crippen LogP contribution in [0, 0.1) is 5.41 Å². The Morgan fingerprint density at radius 3 is 2.65 bits per heavy atom. The Kier molecular flexibility index (Phi) is 8.80. The molecule has 52 heavy (non-hydrogen) atoms. The van der Waals surface area contributed by atoms with Crippen molar-refractivity contribution in [3.8, 4) is 17.1 Å². The van der Waals surface area contributed by atoms with Gasteiger partial charge in [-0.1, -0.05) is 24.2 Å². The quantitative estimate of drug-likeness (QED) is 0.188. The highest BCUT2D eigenvalue weighted by molar-refractivity contribution is 5.89. The standard InChI is InChI=1S/C39H47N9O4/c1-25-13-16-47(31-12-9-28(20-30(25)31)36-41-24-52-45-36)38-35-37(48(44-38)34-6-4-5-19-51-34)43-33(21-40-35)46-17-14-39(15-18-46)23-50-22-32(39)42-26(2)27-7-10-29(49-3)11-8-27/h7-12,20-21,24-26,32,34,42H,4-6,13-19,22-23H2,1-3H3/t25-,26?,32+,34?/m0/s1. The summed E-state index contributed by atoms with van der Waals surface area (Å²) in [6, 6.07) is 15.2. The summed E-state index contributed by atoms with van der Waals surface area (Å²) < 4.78 is 24.9. The molecule has 272 valence electrons. The van der Waals surface area contributed by atoms with Gasteiger partial charge in [0.05, 0.1) is 26.5 Å². The minimum atomic E-state index is -0.168. The third kappa shape index (κ3) is 5.98. The average Bonchev–Trinajstić information content (AvgIpc) is 3.96. The monoisotopic (exact) mass is 705 g/mol. The number of aromatic nitrogens is 6. The molecule has 0 saturated carbocycles. The maximum Gasteiger partial charge on any atom is 0.214 e. The molecule has 2 unspecified atom stereocenters. The van der Waals surface area contributed by atoms with Crippen LogP contribution in [-0.4, -0.2) is 82.5 Å². The van der Waals surface area contributed by atoms with Crippen LogP contribution in [0.3, 0.4) is 0 Å². The Labute approximate surface area is 303 Å². The van der Waals surface area contributed by atoms with Crippen molar-refractivity contribution >= 4 is 28.5 Å². The van der Waals surface area contributed by atoms with Gasteiger partial charge < -0.3 is 33.9 Å². The van der Waals surface area contributed by atoms with Gasteiger partial charge in [-0.05, 0) is 92.8 Å². The van der Waals surface area contributed by atoms with Crippen LogP contribution < -0.4 is 19.9 Å². The molecule has 1 spiro atoms. The number of hydrogen-bond donors (Lipinski definition) is 1. The van der Waals surface area contributed by atoms with Gasteiger partial charge in [-0.3, -0.25) is 0 Å². The van der Waals surface area contributed by atoms with Gasteiger partial charge in [-0.15, -0.1) is 5.10 Å². The fraction of sp³-hybridized carbons (Fsp3) is 0.513.